The largest absolute Gasteiger partial charge is 0.310 e. The van der Waals surface area contributed by atoms with Crippen LogP contribution in [-0.2, 0) is 43.3 Å². The van der Waals surface area contributed by atoms with Gasteiger partial charge >= 0.3 is 0 Å². The normalized spacial score (nSPS) is 19.2. The molecule has 6 aliphatic rings. The number of fused-ring (bicyclic) bond motifs is 6. The molecule has 0 heterocycles. The van der Waals surface area contributed by atoms with E-state index in [1.54, 1.807) is 55.6 Å². The van der Waals surface area contributed by atoms with Gasteiger partial charge in [0.1, 0.15) is 0 Å². The summed E-state index contributed by atoms with van der Waals surface area (Å²) in [5, 5.41) is 0. The van der Waals surface area contributed by atoms with Crippen LogP contribution in [0.2, 0.25) is 0 Å². The Balaban J connectivity index is 0.939. The average Bonchev–Trinajstić information content (AvgIpc) is 1.48. The lowest BCUT2D eigenvalue weighted by molar-refractivity contribution is -0.0105. The van der Waals surface area contributed by atoms with Gasteiger partial charge in [-0.3, -0.25) is 0 Å². The number of hydrogen-bond acceptors (Lipinski definition) is 2. The minimum atomic E-state index is -0.191. The zero-order chi connectivity index (χ0) is 84.0. The number of rotatable bonds is 36. The fourth-order valence-corrected chi connectivity index (χ4v) is 26.0. The van der Waals surface area contributed by atoms with Crippen molar-refractivity contribution in [2.75, 3.05) is 9.80 Å². The standard InChI is InChI=1S/C116H152N2/c1-23-27-31-35-39-53-69-115(70-54-40-36-32-28-24-2)93-77-85(117(83-57-45-43-46-58-83)101-63-51-49-61-87(101)81-73-97-103-98(74-81)106(7,8)110(15,16)113(103,21)109(13,14)105(97,5)6)65-67-89(93)91-80-96-92(79-95(91)115)90-68-66-86(78-94(90)116(96,71-55-41-37-33-29-25-3)72-56-42-38-34-30-26-4)118(84-59-47-44-48-60-84)102-64-52-50-62-88(102)82-75-99-104-100(76-82)108(11,12)112(19,20)114(104,22)111(17,18)107(99,9)10/h43-52,57-68,73-80H,23-42,53-56,69-72H2,1-22H3. The van der Waals surface area contributed by atoms with Gasteiger partial charge in [-0.1, -0.05) is 416 Å². The van der Waals surface area contributed by atoms with E-state index in [9.17, 15) is 0 Å². The van der Waals surface area contributed by atoms with Gasteiger partial charge in [0.2, 0.25) is 0 Å². The Labute approximate surface area is 718 Å². The van der Waals surface area contributed by atoms with E-state index < -0.39 is 0 Å². The molecule has 9 aromatic carbocycles. The highest BCUT2D eigenvalue weighted by Crippen LogP contribution is 2.79. The van der Waals surface area contributed by atoms with Crippen LogP contribution >= 0.6 is 0 Å². The topological polar surface area (TPSA) is 6.48 Å². The van der Waals surface area contributed by atoms with Gasteiger partial charge in [-0.05, 0) is 231 Å². The monoisotopic (exact) mass is 1570 g/mol. The lowest BCUT2D eigenvalue weighted by atomic mass is 9.47. The summed E-state index contributed by atoms with van der Waals surface area (Å²) in [5.41, 5.74) is 33.9. The van der Waals surface area contributed by atoms with Gasteiger partial charge in [0, 0.05) is 55.5 Å². The van der Waals surface area contributed by atoms with Crippen molar-refractivity contribution in [2.24, 2.45) is 21.7 Å². The van der Waals surface area contributed by atoms with Crippen LogP contribution in [0.1, 0.15) is 388 Å². The van der Waals surface area contributed by atoms with Crippen molar-refractivity contribution < 1.29 is 0 Å². The van der Waals surface area contributed by atoms with E-state index in [0.717, 1.165) is 25.7 Å². The summed E-state index contributed by atoms with van der Waals surface area (Å²) in [6.45, 7) is 55.9. The van der Waals surface area contributed by atoms with E-state index in [1.165, 1.54) is 233 Å². The molecule has 2 nitrogen and oxygen atoms in total. The fourth-order valence-electron chi connectivity index (χ4n) is 26.0. The third-order valence-corrected chi connectivity index (χ3v) is 36.3. The van der Waals surface area contributed by atoms with E-state index in [2.05, 4.69) is 344 Å². The Kier molecular flexibility index (Phi) is 23.3. The number of benzene rings is 9. The van der Waals surface area contributed by atoms with Crippen LogP contribution in [0.3, 0.4) is 0 Å². The first-order chi connectivity index (χ1) is 56.2. The maximum Gasteiger partial charge on any atom is 0.0540 e. The van der Waals surface area contributed by atoms with E-state index in [1.807, 2.05) is 0 Å². The van der Waals surface area contributed by atoms with Crippen LogP contribution in [0.5, 0.6) is 0 Å². The molecule has 15 rings (SSSR count). The molecule has 0 saturated carbocycles. The van der Waals surface area contributed by atoms with Crippen LogP contribution in [0.4, 0.5) is 34.1 Å². The number of hydrogen-bond donors (Lipinski definition) is 0. The zero-order valence-electron chi connectivity index (χ0n) is 78.0. The van der Waals surface area contributed by atoms with E-state index in [-0.39, 0.29) is 65.0 Å². The second-order valence-corrected chi connectivity index (χ2v) is 43.2. The van der Waals surface area contributed by atoms with Crippen LogP contribution in [0, 0.1) is 21.7 Å². The third-order valence-electron chi connectivity index (χ3n) is 36.3. The highest BCUT2D eigenvalue weighted by molar-refractivity contribution is 5.96. The molecule has 0 aliphatic heterocycles. The van der Waals surface area contributed by atoms with Gasteiger partial charge in [0.05, 0.1) is 11.4 Å². The van der Waals surface area contributed by atoms with Crippen molar-refractivity contribution in [2.45, 2.75) is 375 Å². The Morgan fingerprint density at radius 2 is 0.466 bits per heavy atom. The lowest BCUT2D eigenvalue weighted by Gasteiger charge is -2.56. The number of anilines is 6. The molecule has 0 saturated heterocycles. The third kappa shape index (κ3) is 12.9. The van der Waals surface area contributed by atoms with Crippen LogP contribution in [0.25, 0.3) is 44.5 Å². The van der Waals surface area contributed by atoms with E-state index in [4.69, 9.17) is 0 Å². The predicted octanol–water partition coefficient (Wildman–Crippen LogP) is 35.3. The van der Waals surface area contributed by atoms with Crippen molar-refractivity contribution in [3.8, 4) is 44.5 Å². The van der Waals surface area contributed by atoms with Crippen molar-refractivity contribution >= 4 is 34.1 Å². The smallest absolute Gasteiger partial charge is 0.0540 e. The summed E-state index contributed by atoms with van der Waals surface area (Å²) in [4.78, 5) is 5.35. The molecule has 626 valence electrons. The molecule has 0 radical (unpaired) electrons. The van der Waals surface area contributed by atoms with Crippen molar-refractivity contribution in [1.82, 2.24) is 0 Å². The van der Waals surface area contributed by atoms with Gasteiger partial charge < -0.3 is 9.80 Å². The SMILES string of the molecule is CCCCCCCCC1(CCCCCCCC)c2cc(N(c3ccccc3)c3ccccc3-c3cc4c5c(c3)C(C)(C)C(C)(C)C5(C)C(C)(C)C4(C)C)ccc2-c2cc3c(cc21)-c1ccc(N(c2ccccc2)c2ccccc2-c2cc4c5c(c2)C(C)(C)C(C)(C)C5(C)C(C)(C)C4(C)C)cc1C3(CCCCCCCC)CCCCCCCC. The predicted molar refractivity (Wildman–Crippen MR) is 513 cm³/mol. The molecular formula is C116H152N2. The molecule has 0 atom stereocenters. The van der Waals surface area contributed by atoms with Gasteiger partial charge in [-0.25, -0.2) is 0 Å². The number of para-hydroxylation sites is 4. The Bertz CT molecular complexity index is 4660. The molecule has 0 N–H and O–H groups in total. The summed E-state index contributed by atoms with van der Waals surface area (Å²) in [6.07, 6.45) is 35.4. The molecule has 0 aromatic heterocycles. The molecule has 9 aromatic rings. The maximum atomic E-state index is 2.90. The molecule has 2 heteroatoms. The first-order valence-corrected chi connectivity index (χ1v) is 48.0. The van der Waals surface area contributed by atoms with Crippen LogP contribution in [0.15, 0.2) is 182 Å². The second kappa shape index (κ2) is 32.1. The number of nitrogens with zero attached hydrogens (tertiary/aromatic N) is 2. The summed E-state index contributed by atoms with van der Waals surface area (Å²) in [5.74, 6) is 0. The van der Waals surface area contributed by atoms with E-state index in [0.29, 0.717) is 0 Å². The second-order valence-electron chi connectivity index (χ2n) is 43.2. The minimum Gasteiger partial charge on any atom is -0.310 e. The van der Waals surface area contributed by atoms with Gasteiger partial charge in [-0.2, -0.15) is 0 Å². The molecular weight excluding hydrogens is 1420 g/mol. The Morgan fingerprint density at radius 1 is 0.212 bits per heavy atom. The fraction of sp³-hybridized carbons (Fsp3) is 0.534. The van der Waals surface area contributed by atoms with E-state index >= 15 is 0 Å². The van der Waals surface area contributed by atoms with Gasteiger partial charge in [0.25, 0.3) is 0 Å². The van der Waals surface area contributed by atoms with Crippen molar-refractivity contribution in [3.63, 3.8) is 0 Å². The summed E-state index contributed by atoms with van der Waals surface area (Å²) in [6, 6.07) is 74.5. The highest BCUT2D eigenvalue weighted by Gasteiger charge is 2.74. The van der Waals surface area contributed by atoms with Crippen LogP contribution in [-0.4, -0.2) is 0 Å². The van der Waals surface area contributed by atoms with Crippen molar-refractivity contribution in [1.29, 1.82) is 0 Å². The molecule has 118 heavy (non-hydrogen) atoms. The number of unbranched alkanes of at least 4 members (excludes halogenated alkanes) is 20. The zero-order valence-corrected chi connectivity index (χ0v) is 78.0. The summed E-state index contributed by atoms with van der Waals surface area (Å²) < 4.78 is 0. The quantitative estimate of drug-likeness (QED) is 0.0361. The first-order valence-electron chi connectivity index (χ1n) is 48.0. The average molecular weight is 1570 g/mol. The summed E-state index contributed by atoms with van der Waals surface area (Å²) >= 11 is 0. The van der Waals surface area contributed by atoms with Gasteiger partial charge in [-0.15, -0.1) is 0 Å². The first kappa shape index (κ1) is 85.6. The molecule has 0 unspecified atom stereocenters. The van der Waals surface area contributed by atoms with Crippen molar-refractivity contribution in [3.05, 3.63) is 238 Å². The molecule has 0 fully saturated rings. The molecule has 0 spiro atoms. The lowest BCUT2D eigenvalue weighted by Crippen LogP contribution is -2.55. The minimum absolute atomic E-state index is 0.00498. The molecule has 0 bridgehead atoms. The van der Waals surface area contributed by atoms with Gasteiger partial charge in [0.15, 0.2) is 0 Å². The Morgan fingerprint density at radius 3 is 0.754 bits per heavy atom. The maximum absolute atomic E-state index is 2.90. The molecule has 6 aliphatic carbocycles. The van der Waals surface area contributed by atoms with Crippen LogP contribution < -0.4 is 9.80 Å². The Hall–Kier alpha value is -7.42. The highest BCUT2D eigenvalue weighted by atomic mass is 15.2. The summed E-state index contributed by atoms with van der Waals surface area (Å²) in [7, 11) is 0. The molecule has 0 amide bonds.